The highest BCUT2D eigenvalue weighted by Crippen LogP contribution is 2.36. The van der Waals surface area contributed by atoms with Crippen LogP contribution in [0.1, 0.15) is 28.8 Å². The highest BCUT2D eigenvalue weighted by atomic mass is 35.5. The van der Waals surface area contributed by atoms with E-state index < -0.39 is 10.0 Å². The van der Waals surface area contributed by atoms with Crippen LogP contribution in [0.3, 0.4) is 0 Å². The maximum absolute atomic E-state index is 13.7. The molecule has 1 aliphatic rings. The minimum Gasteiger partial charge on any atom is -0.497 e. The van der Waals surface area contributed by atoms with Crippen molar-refractivity contribution in [2.24, 2.45) is 0 Å². The fourth-order valence-corrected chi connectivity index (χ4v) is 6.63. The molecule has 5 rings (SSSR count). The molecule has 1 saturated heterocycles. The lowest BCUT2D eigenvalue weighted by Crippen LogP contribution is -2.37. The average molecular weight is 572 g/mol. The summed E-state index contributed by atoms with van der Waals surface area (Å²) >= 11 is 7.79. The highest BCUT2D eigenvalue weighted by Gasteiger charge is 2.28. The molecule has 1 aromatic heterocycles. The molecule has 0 spiro atoms. The van der Waals surface area contributed by atoms with Crippen LogP contribution in [0.15, 0.2) is 65.6 Å². The van der Waals surface area contributed by atoms with Gasteiger partial charge in [0.2, 0.25) is 0 Å². The molecule has 8 nitrogen and oxygen atoms in total. The van der Waals surface area contributed by atoms with E-state index in [1.54, 1.807) is 41.3 Å². The van der Waals surface area contributed by atoms with Gasteiger partial charge >= 0.3 is 0 Å². The first-order valence-electron chi connectivity index (χ1n) is 12.0. The molecule has 11 heteroatoms. The van der Waals surface area contributed by atoms with E-state index in [2.05, 4.69) is 4.72 Å². The average Bonchev–Trinajstić information content (AvgIpc) is 3.60. The van der Waals surface area contributed by atoms with E-state index in [9.17, 15) is 13.2 Å². The molecule has 1 amide bonds. The maximum Gasteiger partial charge on any atom is 0.261 e. The highest BCUT2D eigenvalue weighted by molar-refractivity contribution is 7.92. The first-order chi connectivity index (χ1) is 18.2. The SMILES string of the molecule is COc1ccc(S(=O)(=O)Nc2ccc(C(=O)N(CC3CCCO3)c3nc4c(C)ccc(Cl)c4s3)cc2)cc1. The molecule has 1 N–H and O–H groups in total. The lowest BCUT2D eigenvalue weighted by molar-refractivity contribution is 0.0917. The molecule has 198 valence electrons. The van der Waals surface area contributed by atoms with Gasteiger partial charge in [-0.15, -0.1) is 0 Å². The van der Waals surface area contributed by atoms with Crippen LogP contribution in [0, 0.1) is 6.92 Å². The third-order valence-electron chi connectivity index (χ3n) is 6.33. The fraction of sp³-hybridized carbons (Fsp3) is 0.259. The number of hydrogen-bond donors (Lipinski definition) is 1. The van der Waals surface area contributed by atoms with Crippen molar-refractivity contribution in [3.63, 3.8) is 0 Å². The minimum absolute atomic E-state index is 0.0851. The number of carbonyl (C=O) groups excluding carboxylic acids is 1. The van der Waals surface area contributed by atoms with Gasteiger partial charge in [-0.3, -0.25) is 14.4 Å². The Labute approximate surface area is 230 Å². The van der Waals surface area contributed by atoms with Gasteiger partial charge in [-0.2, -0.15) is 0 Å². The van der Waals surface area contributed by atoms with E-state index in [1.807, 2.05) is 19.1 Å². The number of ether oxygens (including phenoxy) is 2. The van der Waals surface area contributed by atoms with Crippen molar-refractivity contribution in [3.8, 4) is 5.75 Å². The van der Waals surface area contributed by atoms with Crippen LogP contribution >= 0.6 is 22.9 Å². The number of benzene rings is 3. The number of nitrogens with zero attached hydrogens (tertiary/aromatic N) is 2. The second-order valence-electron chi connectivity index (χ2n) is 8.95. The zero-order chi connectivity index (χ0) is 26.9. The molecular weight excluding hydrogens is 546 g/mol. The predicted octanol–water partition coefficient (Wildman–Crippen LogP) is 5.89. The Morgan fingerprint density at radius 1 is 1.16 bits per heavy atom. The monoisotopic (exact) mass is 571 g/mol. The molecule has 0 aliphatic carbocycles. The number of hydrogen-bond acceptors (Lipinski definition) is 7. The fourth-order valence-electron chi connectivity index (χ4n) is 4.25. The normalized spacial score (nSPS) is 15.5. The first kappa shape index (κ1) is 26.4. The third-order valence-corrected chi connectivity index (χ3v) is 9.26. The molecule has 2 heterocycles. The van der Waals surface area contributed by atoms with Gasteiger partial charge in [-0.25, -0.2) is 13.4 Å². The van der Waals surface area contributed by atoms with E-state index in [0.29, 0.717) is 40.3 Å². The van der Waals surface area contributed by atoms with Crippen molar-refractivity contribution >= 4 is 59.9 Å². The van der Waals surface area contributed by atoms with Gasteiger partial charge in [0.15, 0.2) is 5.13 Å². The summed E-state index contributed by atoms with van der Waals surface area (Å²) in [6.45, 7) is 2.99. The molecule has 3 aromatic carbocycles. The van der Waals surface area contributed by atoms with Crippen LogP contribution in [-0.2, 0) is 14.8 Å². The standard InChI is InChI=1S/C27H26ClN3O5S2/c1-17-5-14-23(28)25-24(17)29-27(37-25)31(16-21-4-3-15-36-21)26(32)18-6-8-19(9-7-18)30-38(33,34)22-12-10-20(35-2)11-13-22/h5-14,21,30H,3-4,15-16H2,1-2H3. The summed E-state index contributed by atoms with van der Waals surface area (Å²) in [5, 5.41) is 1.13. The number of thiazole rings is 1. The smallest absolute Gasteiger partial charge is 0.261 e. The second-order valence-corrected chi connectivity index (χ2v) is 12.0. The van der Waals surface area contributed by atoms with Gasteiger partial charge in [-0.1, -0.05) is 29.0 Å². The molecule has 1 unspecified atom stereocenters. The summed E-state index contributed by atoms with van der Waals surface area (Å²) in [6.07, 6.45) is 1.72. The lowest BCUT2D eigenvalue weighted by atomic mass is 10.1. The van der Waals surface area contributed by atoms with E-state index in [1.165, 1.54) is 30.6 Å². The summed E-state index contributed by atoms with van der Waals surface area (Å²) in [5.74, 6) is 0.308. The van der Waals surface area contributed by atoms with E-state index >= 15 is 0 Å². The Kier molecular flexibility index (Phi) is 7.58. The number of rotatable bonds is 8. The summed E-state index contributed by atoms with van der Waals surface area (Å²) in [4.78, 5) is 20.2. The van der Waals surface area contributed by atoms with Gasteiger partial charge in [0.25, 0.3) is 15.9 Å². The van der Waals surface area contributed by atoms with Crippen molar-refractivity contribution in [3.05, 3.63) is 76.8 Å². The summed E-state index contributed by atoms with van der Waals surface area (Å²) in [7, 11) is -2.29. The Morgan fingerprint density at radius 2 is 1.89 bits per heavy atom. The summed E-state index contributed by atoms with van der Waals surface area (Å²) in [6, 6.07) is 16.2. The largest absolute Gasteiger partial charge is 0.497 e. The lowest BCUT2D eigenvalue weighted by Gasteiger charge is -2.23. The van der Waals surface area contributed by atoms with E-state index in [0.717, 1.165) is 28.6 Å². The number of nitrogens with one attached hydrogen (secondary N) is 1. The molecule has 1 atom stereocenters. The Hall–Kier alpha value is -3.18. The molecule has 0 saturated carbocycles. The molecule has 38 heavy (non-hydrogen) atoms. The van der Waals surface area contributed by atoms with Crippen LogP contribution < -0.4 is 14.4 Å². The van der Waals surface area contributed by atoms with Crippen molar-refractivity contribution < 1.29 is 22.7 Å². The van der Waals surface area contributed by atoms with Crippen LogP contribution in [-0.4, -0.2) is 45.7 Å². The van der Waals surface area contributed by atoms with Gasteiger partial charge < -0.3 is 9.47 Å². The molecule has 0 bridgehead atoms. The number of aryl methyl sites for hydroxylation is 1. The Morgan fingerprint density at radius 3 is 2.53 bits per heavy atom. The van der Waals surface area contributed by atoms with E-state index in [4.69, 9.17) is 26.1 Å². The third kappa shape index (κ3) is 5.49. The molecule has 1 fully saturated rings. The van der Waals surface area contributed by atoms with Crippen molar-refractivity contribution in [2.75, 3.05) is 29.9 Å². The summed E-state index contributed by atoms with van der Waals surface area (Å²) in [5.41, 5.74) is 2.48. The number of amides is 1. The van der Waals surface area contributed by atoms with Crippen molar-refractivity contribution in [1.82, 2.24) is 4.98 Å². The number of sulfonamides is 1. The maximum atomic E-state index is 13.7. The quantitative estimate of drug-likeness (QED) is 0.283. The number of halogens is 1. The van der Waals surface area contributed by atoms with Gasteiger partial charge in [0, 0.05) is 17.9 Å². The van der Waals surface area contributed by atoms with Crippen LogP contribution in [0.5, 0.6) is 5.75 Å². The van der Waals surface area contributed by atoms with Gasteiger partial charge in [0.1, 0.15) is 5.75 Å². The van der Waals surface area contributed by atoms with Crippen LogP contribution in [0.2, 0.25) is 5.02 Å². The number of methoxy groups -OCH3 is 1. The molecule has 1 aliphatic heterocycles. The molecule has 0 radical (unpaired) electrons. The minimum atomic E-state index is -3.81. The van der Waals surface area contributed by atoms with Crippen LogP contribution in [0.4, 0.5) is 10.8 Å². The number of fused-ring (bicyclic) bond motifs is 1. The first-order valence-corrected chi connectivity index (χ1v) is 14.7. The summed E-state index contributed by atoms with van der Waals surface area (Å²) < 4.78 is 39.9. The Balaban J connectivity index is 1.40. The van der Waals surface area contributed by atoms with Crippen LogP contribution in [0.25, 0.3) is 10.2 Å². The number of aromatic nitrogens is 1. The van der Waals surface area contributed by atoms with Crippen molar-refractivity contribution in [2.45, 2.75) is 30.8 Å². The van der Waals surface area contributed by atoms with E-state index in [-0.39, 0.29) is 16.9 Å². The zero-order valence-electron chi connectivity index (χ0n) is 20.8. The zero-order valence-corrected chi connectivity index (χ0v) is 23.2. The molecule has 4 aromatic rings. The topological polar surface area (TPSA) is 97.8 Å². The molecular formula is C27H26ClN3O5S2. The van der Waals surface area contributed by atoms with Gasteiger partial charge in [0.05, 0.1) is 39.9 Å². The van der Waals surface area contributed by atoms with Crippen molar-refractivity contribution in [1.29, 1.82) is 0 Å². The second kappa shape index (κ2) is 10.9. The predicted molar refractivity (Wildman–Crippen MR) is 150 cm³/mol. The van der Waals surface area contributed by atoms with Gasteiger partial charge in [-0.05, 0) is 79.9 Å². The number of anilines is 2. The Bertz CT molecular complexity index is 1530. The number of carbonyl (C=O) groups is 1.